The summed E-state index contributed by atoms with van der Waals surface area (Å²) in [5, 5.41) is 5.27. The van der Waals surface area contributed by atoms with E-state index in [9.17, 15) is 4.79 Å². The molecular weight excluding hydrogens is 453 g/mol. The van der Waals surface area contributed by atoms with Gasteiger partial charge in [0, 0.05) is 27.7 Å². The first-order valence-electron chi connectivity index (χ1n) is 9.56. The van der Waals surface area contributed by atoms with Gasteiger partial charge in [0.05, 0.1) is 29.8 Å². The molecule has 0 saturated heterocycles. The first kappa shape index (κ1) is 23.3. The summed E-state index contributed by atoms with van der Waals surface area (Å²) in [6, 6.07) is 15.2. The molecule has 0 atom stereocenters. The highest BCUT2D eigenvalue weighted by Gasteiger charge is 2.12. The summed E-state index contributed by atoms with van der Waals surface area (Å²) >= 11 is 13.9. The number of carbonyl (C=O) groups is 1. The van der Waals surface area contributed by atoms with Crippen LogP contribution in [-0.4, -0.2) is 29.6 Å². The fourth-order valence-corrected chi connectivity index (χ4v) is 4.41. The summed E-state index contributed by atoms with van der Waals surface area (Å²) in [7, 11) is 1.64. The van der Waals surface area contributed by atoms with Crippen molar-refractivity contribution in [3.8, 4) is 11.4 Å². The molecule has 0 aliphatic carbocycles. The van der Waals surface area contributed by atoms with Gasteiger partial charge in [0.25, 0.3) is 0 Å². The number of carbonyl (C=O) groups excluding carboxylic acids is 1. The lowest BCUT2D eigenvalue weighted by Gasteiger charge is -2.11. The molecule has 3 aromatic rings. The summed E-state index contributed by atoms with van der Waals surface area (Å²) in [4.78, 5) is 12.1. The Bertz CT molecular complexity index is 1090. The lowest BCUT2D eigenvalue weighted by molar-refractivity contribution is -0.118. The van der Waals surface area contributed by atoms with Crippen molar-refractivity contribution in [2.45, 2.75) is 19.6 Å². The normalized spacial score (nSPS) is 11.1. The first-order valence-corrected chi connectivity index (χ1v) is 11.5. The largest absolute Gasteiger partial charge is 0.497 e. The summed E-state index contributed by atoms with van der Waals surface area (Å²) in [6.45, 7) is 3.97. The Morgan fingerprint density at radius 1 is 1.16 bits per heavy atom. The second kappa shape index (κ2) is 10.8. The number of rotatable bonds is 8. The number of aryl methyl sites for hydroxylation is 1. The average Bonchev–Trinajstić information content (AvgIpc) is 3.02. The fraction of sp³-hybridized carbons (Fsp3) is 0.217. The predicted molar refractivity (Wildman–Crippen MR) is 130 cm³/mol. The topological polar surface area (TPSA) is 55.6 Å². The molecule has 31 heavy (non-hydrogen) atoms. The van der Waals surface area contributed by atoms with Crippen LogP contribution >= 0.6 is 35.0 Å². The quantitative estimate of drug-likeness (QED) is 0.331. The van der Waals surface area contributed by atoms with Crippen LogP contribution in [-0.2, 0) is 10.5 Å². The van der Waals surface area contributed by atoms with E-state index in [1.807, 2.05) is 54.8 Å². The minimum atomic E-state index is -0.149. The number of halogens is 2. The molecule has 1 aromatic heterocycles. The van der Waals surface area contributed by atoms with Crippen LogP contribution in [0.2, 0.25) is 10.0 Å². The van der Waals surface area contributed by atoms with Crippen LogP contribution in [0.25, 0.3) is 5.69 Å². The number of hydrazone groups is 1. The maximum absolute atomic E-state index is 12.1. The second-order valence-corrected chi connectivity index (χ2v) is 8.72. The number of amides is 1. The van der Waals surface area contributed by atoms with E-state index in [1.165, 1.54) is 11.8 Å². The molecule has 0 radical (unpaired) electrons. The van der Waals surface area contributed by atoms with Crippen LogP contribution in [0.4, 0.5) is 0 Å². The maximum Gasteiger partial charge on any atom is 0.250 e. The lowest BCUT2D eigenvalue weighted by Crippen LogP contribution is -2.19. The molecule has 1 amide bonds. The van der Waals surface area contributed by atoms with Crippen LogP contribution in [0.3, 0.4) is 0 Å². The van der Waals surface area contributed by atoms with Crippen LogP contribution < -0.4 is 10.2 Å². The standard InChI is InChI=1S/C23H23Cl2N3O2S/c1-15-10-18(16(2)28(15)22-9-6-19(24)11-21(22)25)12-26-27-23(29)14-31-13-17-4-7-20(30-3)8-5-17/h4-12H,13-14H2,1-3H3,(H,27,29)/b26-12-. The highest BCUT2D eigenvalue weighted by atomic mass is 35.5. The monoisotopic (exact) mass is 475 g/mol. The molecule has 5 nitrogen and oxygen atoms in total. The third-order valence-corrected chi connectivity index (χ3v) is 6.22. The lowest BCUT2D eigenvalue weighted by atomic mass is 10.2. The minimum Gasteiger partial charge on any atom is -0.497 e. The zero-order valence-electron chi connectivity index (χ0n) is 17.5. The van der Waals surface area contributed by atoms with E-state index in [0.29, 0.717) is 15.8 Å². The van der Waals surface area contributed by atoms with Crippen molar-refractivity contribution in [2.75, 3.05) is 12.9 Å². The van der Waals surface area contributed by atoms with E-state index in [1.54, 1.807) is 25.5 Å². The van der Waals surface area contributed by atoms with Gasteiger partial charge in [-0.05, 0) is 55.8 Å². The number of hydrogen-bond donors (Lipinski definition) is 1. The number of ether oxygens (including phenoxy) is 1. The molecule has 3 rings (SSSR count). The van der Waals surface area contributed by atoms with Crippen molar-refractivity contribution in [3.63, 3.8) is 0 Å². The predicted octanol–water partition coefficient (Wildman–Crippen LogP) is 5.79. The fourth-order valence-electron chi connectivity index (χ4n) is 3.14. The van der Waals surface area contributed by atoms with Gasteiger partial charge in [-0.1, -0.05) is 35.3 Å². The van der Waals surface area contributed by atoms with Gasteiger partial charge in [-0.2, -0.15) is 5.10 Å². The maximum atomic E-state index is 12.1. The Morgan fingerprint density at radius 3 is 2.58 bits per heavy atom. The van der Waals surface area contributed by atoms with Gasteiger partial charge in [-0.25, -0.2) is 5.43 Å². The van der Waals surface area contributed by atoms with Crippen molar-refractivity contribution < 1.29 is 9.53 Å². The Balaban J connectivity index is 1.56. The summed E-state index contributed by atoms with van der Waals surface area (Å²) < 4.78 is 7.18. The van der Waals surface area contributed by atoms with Gasteiger partial charge in [0.2, 0.25) is 5.91 Å². The third kappa shape index (κ3) is 6.06. The van der Waals surface area contributed by atoms with Gasteiger partial charge in [-0.3, -0.25) is 4.79 Å². The smallest absolute Gasteiger partial charge is 0.250 e. The van der Waals surface area contributed by atoms with Crippen molar-refractivity contribution in [1.82, 2.24) is 9.99 Å². The summed E-state index contributed by atoms with van der Waals surface area (Å²) in [5.41, 5.74) is 7.44. The number of hydrogen-bond acceptors (Lipinski definition) is 4. The van der Waals surface area contributed by atoms with Crippen LogP contribution in [0.5, 0.6) is 5.75 Å². The molecular formula is C23H23Cl2N3O2S. The van der Waals surface area contributed by atoms with Crippen molar-refractivity contribution >= 4 is 47.1 Å². The van der Waals surface area contributed by atoms with E-state index < -0.39 is 0 Å². The molecule has 162 valence electrons. The molecule has 0 spiro atoms. The van der Waals surface area contributed by atoms with Crippen LogP contribution in [0.15, 0.2) is 53.6 Å². The molecule has 0 aliphatic rings. The number of benzene rings is 2. The van der Waals surface area contributed by atoms with Crippen LogP contribution in [0, 0.1) is 13.8 Å². The molecule has 1 N–H and O–H groups in total. The first-order chi connectivity index (χ1) is 14.9. The zero-order valence-corrected chi connectivity index (χ0v) is 19.8. The number of nitrogens with one attached hydrogen (secondary N) is 1. The van der Waals surface area contributed by atoms with E-state index in [2.05, 4.69) is 10.5 Å². The molecule has 1 heterocycles. The van der Waals surface area contributed by atoms with E-state index in [-0.39, 0.29) is 5.91 Å². The number of methoxy groups -OCH3 is 1. The van der Waals surface area contributed by atoms with Crippen molar-refractivity contribution in [1.29, 1.82) is 0 Å². The summed E-state index contributed by atoms with van der Waals surface area (Å²) in [5.74, 6) is 1.73. The Kier molecular flexibility index (Phi) is 8.07. The molecule has 0 saturated carbocycles. The molecule has 0 bridgehead atoms. The zero-order chi connectivity index (χ0) is 22.4. The minimum absolute atomic E-state index is 0.149. The van der Waals surface area contributed by atoms with Gasteiger partial charge in [0.1, 0.15) is 5.75 Å². The van der Waals surface area contributed by atoms with Crippen molar-refractivity contribution in [3.05, 3.63) is 81.1 Å². The molecule has 0 aliphatic heterocycles. The van der Waals surface area contributed by atoms with Gasteiger partial charge in [0.15, 0.2) is 0 Å². The number of aromatic nitrogens is 1. The highest BCUT2D eigenvalue weighted by molar-refractivity contribution is 7.99. The molecule has 8 heteroatoms. The SMILES string of the molecule is COc1ccc(CSCC(=O)N/N=C\c2cc(C)n(-c3ccc(Cl)cc3Cl)c2C)cc1. The van der Waals surface area contributed by atoms with Gasteiger partial charge >= 0.3 is 0 Å². The second-order valence-electron chi connectivity index (χ2n) is 6.89. The Hall–Kier alpha value is -2.41. The van der Waals surface area contributed by atoms with E-state index in [4.69, 9.17) is 27.9 Å². The Morgan fingerprint density at radius 2 is 1.90 bits per heavy atom. The van der Waals surface area contributed by atoms with Crippen LogP contribution in [0.1, 0.15) is 22.5 Å². The molecule has 0 fully saturated rings. The average molecular weight is 476 g/mol. The number of thioether (sulfide) groups is 1. The van der Waals surface area contributed by atoms with Gasteiger partial charge in [-0.15, -0.1) is 11.8 Å². The third-order valence-electron chi connectivity index (χ3n) is 4.67. The molecule has 0 unspecified atom stereocenters. The highest BCUT2D eigenvalue weighted by Crippen LogP contribution is 2.28. The Labute approximate surface area is 196 Å². The number of nitrogens with zero attached hydrogens (tertiary/aromatic N) is 2. The van der Waals surface area contributed by atoms with Gasteiger partial charge < -0.3 is 9.30 Å². The summed E-state index contributed by atoms with van der Waals surface area (Å²) in [6.07, 6.45) is 1.65. The van der Waals surface area contributed by atoms with E-state index in [0.717, 1.165) is 39.7 Å². The molecule has 2 aromatic carbocycles. The van der Waals surface area contributed by atoms with E-state index >= 15 is 0 Å². The van der Waals surface area contributed by atoms with Crippen molar-refractivity contribution in [2.24, 2.45) is 5.10 Å².